The lowest BCUT2D eigenvalue weighted by Gasteiger charge is -2.35. The Labute approximate surface area is 96.4 Å². The fourth-order valence-corrected chi connectivity index (χ4v) is 1.74. The van der Waals surface area contributed by atoms with Gasteiger partial charge in [-0.05, 0) is 25.6 Å². The zero-order valence-corrected chi connectivity index (χ0v) is 10.7. The molecule has 0 spiro atoms. The van der Waals surface area contributed by atoms with Gasteiger partial charge in [-0.1, -0.05) is 6.92 Å². The lowest BCUT2D eigenvalue weighted by molar-refractivity contribution is -0.0273. The first-order chi connectivity index (χ1) is 7.55. The van der Waals surface area contributed by atoms with Crippen LogP contribution < -0.4 is 5.32 Å². The van der Waals surface area contributed by atoms with E-state index in [0.29, 0.717) is 6.42 Å². The Balaban J connectivity index is 2.75. The first-order valence-corrected chi connectivity index (χ1v) is 5.51. The summed E-state index contributed by atoms with van der Waals surface area (Å²) in [6, 6.07) is 0.173. The molecular weight excluding hydrogens is 206 g/mol. The van der Waals surface area contributed by atoms with E-state index in [-0.39, 0.29) is 11.6 Å². The number of nitrogens with one attached hydrogen (secondary N) is 1. The van der Waals surface area contributed by atoms with E-state index in [4.69, 9.17) is 4.74 Å². The van der Waals surface area contributed by atoms with E-state index in [1.165, 1.54) is 4.80 Å². The maximum Gasteiger partial charge on any atom is 0.176 e. The number of hydrogen-bond donors (Lipinski definition) is 1. The van der Waals surface area contributed by atoms with Gasteiger partial charge in [-0.3, -0.25) is 0 Å². The molecule has 1 heterocycles. The van der Waals surface area contributed by atoms with Crippen LogP contribution in [0.25, 0.3) is 0 Å². The van der Waals surface area contributed by atoms with E-state index in [2.05, 4.69) is 34.6 Å². The van der Waals surface area contributed by atoms with Gasteiger partial charge in [-0.2, -0.15) is 4.80 Å². The van der Waals surface area contributed by atoms with Crippen LogP contribution in [0.15, 0.2) is 0 Å². The summed E-state index contributed by atoms with van der Waals surface area (Å²) >= 11 is 0. The fourth-order valence-electron chi connectivity index (χ4n) is 1.74. The number of aromatic nitrogens is 4. The third kappa shape index (κ3) is 2.76. The first-order valence-electron chi connectivity index (χ1n) is 5.51. The average molecular weight is 227 g/mol. The van der Waals surface area contributed by atoms with E-state index in [1.807, 2.05) is 7.05 Å². The summed E-state index contributed by atoms with van der Waals surface area (Å²) in [5.74, 6) is 0.735. The number of aryl methyl sites for hydroxylation is 1. The number of rotatable bonds is 6. The molecule has 0 radical (unpaired) electrons. The molecule has 1 N–H and O–H groups in total. The van der Waals surface area contributed by atoms with Gasteiger partial charge < -0.3 is 10.1 Å². The predicted molar refractivity (Wildman–Crippen MR) is 61.1 cm³/mol. The molecule has 16 heavy (non-hydrogen) atoms. The van der Waals surface area contributed by atoms with Crippen LogP contribution in [0.5, 0.6) is 0 Å². The van der Waals surface area contributed by atoms with Crippen molar-refractivity contribution in [2.75, 3.05) is 14.2 Å². The van der Waals surface area contributed by atoms with Gasteiger partial charge in [0.1, 0.15) is 0 Å². The molecule has 2 atom stereocenters. The number of ether oxygens (including phenoxy) is 1. The molecule has 1 rings (SSSR count). The number of likely N-dealkylation sites (N-methyl/N-ethyl adjacent to an activating group) is 1. The first kappa shape index (κ1) is 13.1. The second kappa shape index (κ2) is 5.36. The van der Waals surface area contributed by atoms with Crippen molar-refractivity contribution in [3.8, 4) is 0 Å². The van der Waals surface area contributed by atoms with Crippen LogP contribution in [-0.2, 0) is 18.2 Å². The van der Waals surface area contributed by atoms with Crippen LogP contribution in [0.1, 0.15) is 26.1 Å². The van der Waals surface area contributed by atoms with E-state index >= 15 is 0 Å². The molecule has 0 saturated carbocycles. The highest BCUT2D eigenvalue weighted by molar-refractivity contribution is 4.94. The quantitative estimate of drug-likeness (QED) is 0.749. The molecule has 0 aromatic carbocycles. The molecule has 0 bridgehead atoms. The summed E-state index contributed by atoms with van der Waals surface area (Å²) in [7, 11) is 5.42. The topological polar surface area (TPSA) is 64.9 Å². The van der Waals surface area contributed by atoms with Gasteiger partial charge in [0, 0.05) is 19.6 Å². The Morgan fingerprint density at radius 1 is 1.56 bits per heavy atom. The SMILES string of the molecule is CCC(C)(OC)C(Cc1nnn(C)n1)NC. The number of hydrogen-bond acceptors (Lipinski definition) is 5. The van der Waals surface area contributed by atoms with Gasteiger partial charge in [0.05, 0.1) is 12.6 Å². The fraction of sp³-hybridized carbons (Fsp3) is 0.900. The molecule has 1 aromatic heterocycles. The van der Waals surface area contributed by atoms with Crippen LogP contribution in [0, 0.1) is 0 Å². The monoisotopic (exact) mass is 227 g/mol. The highest BCUT2D eigenvalue weighted by atomic mass is 16.5. The summed E-state index contributed by atoms with van der Waals surface area (Å²) in [5.41, 5.74) is -0.214. The maximum absolute atomic E-state index is 5.57. The summed E-state index contributed by atoms with van der Waals surface area (Å²) in [5, 5.41) is 15.3. The smallest absolute Gasteiger partial charge is 0.176 e. The predicted octanol–water partition coefficient (Wildman–Crippen LogP) is 0.156. The molecule has 0 saturated heterocycles. The lowest BCUT2D eigenvalue weighted by Crippen LogP contribution is -2.50. The molecule has 6 nitrogen and oxygen atoms in total. The zero-order chi connectivity index (χ0) is 12.2. The van der Waals surface area contributed by atoms with Crippen molar-refractivity contribution < 1.29 is 4.74 Å². The molecule has 2 unspecified atom stereocenters. The van der Waals surface area contributed by atoms with Crippen molar-refractivity contribution in [2.24, 2.45) is 7.05 Å². The summed E-state index contributed by atoms with van der Waals surface area (Å²) in [6.45, 7) is 4.20. The number of tetrazole rings is 1. The summed E-state index contributed by atoms with van der Waals surface area (Å²) in [4.78, 5) is 1.47. The van der Waals surface area contributed by atoms with E-state index in [9.17, 15) is 0 Å². The van der Waals surface area contributed by atoms with Gasteiger partial charge in [-0.15, -0.1) is 10.2 Å². The Kier molecular flexibility index (Phi) is 4.37. The van der Waals surface area contributed by atoms with Crippen molar-refractivity contribution in [1.82, 2.24) is 25.5 Å². The van der Waals surface area contributed by atoms with Crippen molar-refractivity contribution >= 4 is 0 Å². The van der Waals surface area contributed by atoms with Gasteiger partial charge in [0.25, 0.3) is 0 Å². The Morgan fingerprint density at radius 3 is 2.62 bits per heavy atom. The van der Waals surface area contributed by atoms with Gasteiger partial charge in [0.15, 0.2) is 5.82 Å². The van der Waals surface area contributed by atoms with Crippen LogP contribution >= 0.6 is 0 Å². The van der Waals surface area contributed by atoms with Crippen molar-refractivity contribution in [1.29, 1.82) is 0 Å². The van der Waals surface area contributed by atoms with Crippen LogP contribution in [0.2, 0.25) is 0 Å². The minimum absolute atomic E-state index is 0.173. The highest BCUT2D eigenvalue weighted by Crippen LogP contribution is 2.21. The number of nitrogens with zero attached hydrogens (tertiary/aromatic N) is 4. The molecule has 0 fully saturated rings. The highest BCUT2D eigenvalue weighted by Gasteiger charge is 2.32. The molecule has 6 heteroatoms. The third-order valence-corrected chi connectivity index (χ3v) is 3.19. The second-order valence-corrected chi connectivity index (χ2v) is 4.11. The molecule has 1 aromatic rings. The second-order valence-electron chi connectivity index (χ2n) is 4.11. The molecule has 0 aliphatic carbocycles. The molecule has 0 aliphatic heterocycles. The van der Waals surface area contributed by atoms with Crippen molar-refractivity contribution in [2.45, 2.75) is 38.3 Å². The van der Waals surface area contributed by atoms with Crippen molar-refractivity contribution in [3.63, 3.8) is 0 Å². The standard InChI is InChI=1S/C10H21N5O/c1-6-10(2,16-5)8(11-3)7-9-12-14-15(4)13-9/h8,11H,6-7H2,1-5H3. The van der Waals surface area contributed by atoms with Gasteiger partial charge in [-0.25, -0.2) is 0 Å². The Hall–Kier alpha value is -1.01. The minimum atomic E-state index is -0.214. The largest absolute Gasteiger partial charge is 0.377 e. The molecule has 92 valence electrons. The average Bonchev–Trinajstić information content (AvgIpc) is 2.70. The van der Waals surface area contributed by atoms with Gasteiger partial charge >= 0.3 is 0 Å². The van der Waals surface area contributed by atoms with E-state index < -0.39 is 0 Å². The minimum Gasteiger partial charge on any atom is -0.377 e. The van der Waals surface area contributed by atoms with Crippen LogP contribution in [-0.4, -0.2) is 46.0 Å². The van der Waals surface area contributed by atoms with Crippen LogP contribution in [0.3, 0.4) is 0 Å². The Morgan fingerprint density at radius 2 is 2.25 bits per heavy atom. The lowest BCUT2D eigenvalue weighted by atomic mass is 9.90. The maximum atomic E-state index is 5.57. The van der Waals surface area contributed by atoms with Crippen LogP contribution in [0.4, 0.5) is 0 Å². The molecule has 0 amide bonds. The molecular formula is C10H21N5O. The summed E-state index contributed by atoms with van der Waals surface area (Å²) < 4.78 is 5.57. The third-order valence-electron chi connectivity index (χ3n) is 3.19. The number of methoxy groups -OCH3 is 1. The van der Waals surface area contributed by atoms with Gasteiger partial charge in [0.2, 0.25) is 0 Å². The van der Waals surface area contributed by atoms with E-state index in [0.717, 1.165) is 12.2 Å². The normalized spacial score (nSPS) is 17.1. The summed E-state index contributed by atoms with van der Waals surface area (Å²) in [6.07, 6.45) is 1.64. The van der Waals surface area contributed by atoms with E-state index in [1.54, 1.807) is 14.2 Å². The van der Waals surface area contributed by atoms with Crippen molar-refractivity contribution in [3.05, 3.63) is 5.82 Å². The zero-order valence-electron chi connectivity index (χ0n) is 10.7. The Bertz CT molecular complexity index is 321. The molecule has 0 aliphatic rings.